The molecule has 2 heterocycles. The van der Waals surface area contributed by atoms with Crippen molar-refractivity contribution in [3.63, 3.8) is 0 Å². The summed E-state index contributed by atoms with van der Waals surface area (Å²) in [7, 11) is 1.65. The summed E-state index contributed by atoms with van der Waals surface area (Å²) < 4.78 is 6.76. The summed E-state index contributed by atoms with van der Waals surface area (Å²) in [6, 6.07) is -0.652. The Balaban J connectivity index is 2.22. The number of aromatic nitrogens is 2. The molecular weight excluding hydrogens is 274 g/mol. The summed E-state index contributed by atoms with van der Waals surface area (Å²) in [5.41, 5.74) is 6.38. The molecule has 3 N–H and O–H groups in total. The van der Waals surface area contributed by atoms with Crippen molar-refractivity contribution in [2.24, 2.45) is 7.05 Å². The molecule has 0 radical (unpaired) electrons. The van der Waals surface area contributed by atoms with E-state index >= 15 is 0 Å². The van der Waals surface area contributed by atoms with Crippen molar-refractivity contribution >= 4 is 17.5 Å². The molecule has 0 aliphatic carbocycles. The van der Waals surface area contributed by atoms with E-state index in [0.29, 0.717) is 24.5 Å². The Hall–Kier alpha value is -2.09. The molecule has 1 unspecified atom stereocenters. The van der Waals surface area contributed by atoms with Crippen molar-refractivity contribution in [3.8, 4) is 0 Å². The van der Waals surface area contributed by atoms with Gasteiger partial charge in [0.15, 0.2) is 0 Å². The van der Waals surface area contributed by atoms with Gasteiger partial charge in [-0.25, -0.2) is 0 Å². The monoisotopic (exact) mass is 295 g/mol. The normalized spacial score (nSPS) is 18.9. The van der Waals surface area contributed by atoms with Crippen molar-refractivity contribution in [3.05, 3.63) is 11.9 Å². The third kappa shape index (κ3) is 3.15. The number of hydrogen-bond donors (Lipinski definition) is 2. The number of ether oxygens (including phenoxy) is 1. The molecule has 1 atom stereocenters. The molecule has 0 bridgehead atoms. The lowest BCUT2D eigenvalue weighted by atomic mass is 10.1. The summed E-state index contributed by atoms with van der Waals surface area (Å²) in [5, 5.41) is 6.77. The number of amides is 2. The van der Waals surface area contributed by atoms with E-state index in [1.807, 2.05) is 13.8 Å². The Morgan fingerprint density at radius 3 is 2.81 bits per heavy atom. The van der Waals surface area contributed by atoms with Gasteiger partial charge >= 0.3 is 0 Å². The highest BCUT2D eigenvalue weighted by molar-refractivity contribution is 6.00. The summed E-state index contributed by atoms with van der Waals surface area (Å²) in [4.78, 5) is 26.4. The Bertz CT molecular complexity index is 520. The first-order chi connectivity index (χ1) is 9.91. The number of nitrogen functional groups attached to an aromatic ring is 1. The van der Waals surface area contributed by atoms with Crippen molar-refractivity contribution in [1.29, 1.82) is 0 Å². The minimum atomic E-state index is -0.650. The quantitative estimate of drug-likeness (QED) is 0.773. The van der Waals surface area contributed by atoms with E-state index in [2.05, 4.69) is 10.4 Å². The third-order valence-corrected chi connectivity index (χ3v) is 3.29. The fourth-order valence-electron chi connectivity index (χ4n) is 2.30. The SMILES string of the molecule is CC(C)NC(=O)C1COCCN1C(=O)c1c(N)cnn1C. The zero-order chi connectivity index (χ0) is 15.6. The largest absolute Gasteiger partial charge is 0.396 e. The van der Waals surface area contributed by atoms with E-state index in [0.717, 1.165) is 0 Å². The second-order valence-corrected chi connectivity index (χ2v) is 5.32. The lowest BCUT2D eigenvalue weighted by molar-refractivity contribution is -0.131. The molecular formula is C13H21N5O3. The second-order valence-electron chi connectivity index (χ2n) is 5.32. The standard InChI is InChI=1S/C13H21N5O3/c1-8(2)16-12(19)10-7-21-5-4-18(10)13(20)11-9(14)6-15-17(11)3/h6,8,10H,4-5,7,14H2,1-3H3,(H,16,19). The molecule has 0 aromatic carbocycles. The summed E-state index contributed by atoms with van der Waals surface area (Å²) in [6.45, 7) is 4.66. The fourth-order valence-corrected chi connectivity index (χ4v) is 2.30. The van der Waals surface area contributed by atoms with Gasteiger partial charge in [0.2, 0.25) is 5.91 Å². The molecule has 1 aromatic rings. The Morgan fingerprint density at radius 1 is 1.52 bits per heavy atom. The minimum Gasteiger partial charge on any atom is -0.396 e. The van der Waals surface area contributed by atoms with Gasteiger partial charge in [0.1, 0.15) is 11.7 Å². The van der Waals surface area contributed by atoms with Gasteiger partial charge in [0.25, 0.3) is 5.91 Å². The number of nitrogens with one attached hydrogen (secondary N) is 1. The van der Waals surface area contributed by atoms with Crippen molar-refractivity contribution < 1.29 is 14.3 Å². The van der Waals surface area contributed by atoms with E-state index in [1.165, 1.54) is 15.8 Å². The number of anilines is 1. The topological polar surface area (TPSA) is 102 Å². The molecule has 2 rings (SSSR count). The number of rotatable bonds is 3. The first-order valence-corrected chi connectivity index (χ1v) is 6.88. The molecule has 1 aliphatic rings. The zero-order valence-electron chi connectivity index (χ0n) is 12.5. The van der Waals surface area contributed by atoms with Crippen molar-refractivity contribution in [2.45, 2.75) is 25.9 Å². The highest BCUT2D eigenvalue weighted by Crippen LogP contribution is 2.17. The Morgan fingerprint density at radius 2 is 2.24 bits per heavy atom. The maximum Gasteiger partial charge on any atom is 0.275 e. The van der Waals surface area contributed by atoms with Crippen LogP contribution in [0.3, 0.4) is 0 Å². The molecule has 1 saturated heterocycles. The first kappa shape index (κ1) is 15.3. The van der Waals surface area contributed by atoms with Crippen LogP contribution in [0.15, 0.2) is 6.20 Å². The maximum atomic E-state index is 12.7. The van der Waals surface area contributed by atoms with Gasteiger partial charge in [-0.05, 0) is 13.8 Å². The van der Waals surface area contributed by atoms with Gasteiger partial charge in [-0.1, -0.05) is 0 Å². The van der Waals surface area contributed by atoms with Crippen LogP contribution >= 0.6 is 0 Å². The van der Waals surface area contributed by atoms with Crippen LogP contribution in [0, 0.1) is 0 Å². The molecule has 21 heavy (non-hydrogen) atoms. The van der Waals surface area contributed by atoms with Gasteiger partial charge in [-0.3, -0.25) is 14.3 Å². The predicted molar refractivity (Wildman–Crippen MR) is 76.5 cm³/mol. The average Bonchev–Trinajstić information content (AvgIpc) is 2.76. The lowest BCUT2D eigenvalue weighted by Gasteiger charge is -2.35. The summed E-state index contributed by atoms with van der Waals surface area (Å²) in [5.74, 6) is -0.529. The van der Waals surface area contributed by atoms with E-state index < -0.39 is 6.04 Å². The first-order valence-electron chi connectivity index (χ1n) is 6.88. The van der Waals surface area contributed by atoms with Gasteiger partial charge < -0.3 is 20.7 Å². The molecule has 116 valence electrons. The van der Waals surface area contributed by atoms with Crippen molar-refractivity contribution in [2.75, 3.05) is 25.5 Å². The number of morpholine rings is 1. The zero-order valence-corrected chi connectivity index (χ0v) is 12.5. The molecule has 8 nitrogen and oxygen atoms in total. The molecule has 0 spiro atoms. The van der Waals surface area contributed by atoms with E-state index in [4.69, 9.17) is 10.5 Å². The van der Waals surface area contributed by atoms with Crippen LogP contribution in [-0.2, 0) is 16.6 Å². The van der Waals surface area contributed by atoms with E-state index in [1.54, 1.807) is 7.05 Å². The van der Waals surface area contributed by atoms with Crippen LogP contribution in [0.4, 0.5) is 5.69 Å². The fraction of sp³-hybridized carbons (Fsp3) is 0.615. The molecule has 1 fully saturated rings. The number of carbonyl (C=O) groups excluding carboxylic acids is 2. The molecule has 1 aromatic heterocycles. The molecule has 0 saturated carbocycles. The van der Waals surface area contributed by atoms with E-state index in [9.17, 15) is 9.59 Å². The maximum absolute atomic E-state index is 12.7. The number of aryl methyl sites for hydroxylation is 1. The Kier molecular flexibility index (Phi) is 4.46. The molecule has 8 heteroatoms. The van der Waals surface area contributed by atoms with Crippen LogP contribution < -0.4 is 11.1 Å². The van der Waals surface area contributed by atoms with Gasteiger partial charge in [-0.15, -0.1) is 0 Å². The van der Waals surface area contributed by atoms with Crippen LogP contribution in [0.1, 0.15) is 24.3 Å². The molecule has 1 aliphatic heterocycles. The minimum absolute atomic E-state index is 0.00171. The van der Waals surface area contributed by atoms with Gasteiger partial charge in [0.05, 0.1) is 25.1 Å². The van der Waals surface area contributed by atoms with Crippen LogP contribution in [0.25, 0.3) is 0 Å². The predicted octanol–water partition coefficient (Wildman–Crippen LogP) is -0.632. The summed E-state index contributed by atoms with van der Waals surface area (Å²) in [6.07, 6.45) is 1.43. The lowest BCUT2D eigenvalue weighted by Crippen LogP contribution is -2.57. The molecule has 2 amide bonds. The third-order valence-electron chi connectivity index (χ3n) is 3.29. The van der Waals surface area contributed by atoms with E-state index in [-0.39, 0.29) is 24.5 Å². The van der Waals surface area contributed by atoms with Gasteiger partial charge in [0, 0.05) is 19.6 Å². The average molecular weight is 295 g/mol. The van der Waals surface area contributed by atoms with Crippen molar-refractivity contribution in [1.82, 2.24) is 20.0 Å². The smallest absolute Gasteiger partial charge is 0.275 e. The Labute approximate surface area is 123 Å². The highest BCUT2D eigenvalue weighted by atomic mass is 16.5. The second kappa shape index (κ2) is 6.13. The van der Waals surface area contributed by atoms with Crippen LogP contribution in [0.2, 0.25) is 0 Å². The van der Waals surface area contributed by atoms with Crippen LogP contribution in [0.5, 0.6) is 0 Å². The number of hydrogen-bond acceptors (Lipinski definition) is 5. The number of nitrogens with two attached hydrogens (primary N) is 1. The number of carbonyl (C=O) groups is 2. The van der Waals surface area contributed by atoms with Crippen LogP contribution in [-0.4, -0.2) is 58.3 Å². The highest BCUT2D eigenvalue weighted by Gasteiger charge is 2.35. The van der Waals surface area contributed by atoms with Gasteiger partial charge in [-0.2, -0.15) is 5.10 Å². The number of nitrogens with zero attached hydrogens (tertiary/aromatic N) is 3. The summed E-state index contributed by atoms with van der Waals surface area (Å²) >= 11 is 0.